The third-order valence-corrected chi connectivity index (χ3v) is 4.69. The fourth-order valence-electron chi connectivity index (χ4n) is 3.17. The number of benzene rings is 2. The van der Waals surface area contributed by atoms with Gasteiger partial charge >= 0.3 is 5.97 Å². The summed E-state index contributed by atoms with van der Waals surface area (Å²) in [6.07, 6.45) is 2.28. The molecule has 0 radical (unpaired) electrons. The second-order valence-corrected chi connectivity index (χ2v) is 7.02. The molecule has 1 aliphatic heterocycles. The van der Waals surface area contributed by atoms with Gasteiger partial charge in [-0.25, -0.2) is 9.80 Å². The Labute approximate surface area is 186 Å². The molecular weight excluding hydrogens is 412 g/mol. The zero-order chi connectivity index (χ0) is 23.1. The minimum Gasteiger partial charge on any atom is -0.493 e. The lowest BCUT2D eigenvalue weighted by atomic mass is 10.0. The van der Waals surface area contributed by atoms with Crippen LogP contribution in [-0.4, -0.2) is 37.6 Å². The number of amides is 2. The fourth-order valence-corrected chi connectivity index (χ4v) is 3.17. The van der Waals surface area contributed by atoms with E-state index in [1.165, 1.54) is 11.1 Å². The molecule has 0 aromatic heterocycles. The summed E-state index contributed by atoms with van der Waals surface area (Å²) >= 11 is 0. The number of hydrogen-bond acceptors (Lipinski definition) is 6. The number of rotatable bonds is 9. The molecule has 1 saturated heterocycles. The van der Waals surface area contributed by atoms with Crippen molar-refractivity contribution in [3.8, 4) is 11.5 Å². The van der Waals surface area contributed by atoms with E-state index in [0.717, 1.165) is 6.42 Å². The van der Waals surface area contributed by atoms with Crippen LogP contribution in [0.15, 0.2) is 48.0 Å². The zero-order valence-electron chi connectivity index (χ0n) is 18.3. The fraction of sp³-hybridized carbons (Fsp3) is 0.292. The van der Waals surface area contributed by atoms with E-state index in [-0.39, 0.29) is 18.8 Å². The van der Waals surface area contributed by atoms with E-state index in [1.807, 2.05) is 13.0 Å². The largest absolute Gasteiger partial charge is 0.493 e. The Hall–Kier alpha value is -3.81. The van der Waals surface area contributed by atoms with Crippen molar-refractivity contribution < 1.29 is 28.6 Å². The number of carbonyl (C=O) groups is 3. The normalized spacial score (nSPS) is 14.5. The molecule has 168 valence electrons. The molecule has 1 aliphatic rings. The first-order valence-electron chi connectivity index (χ1n) is 10.4. The maximum atomic E-state index is 12.9. The van der Waals surface area contributed by atoms with Crippen LogP contribution in [0.5, 0.6) is 11.5 Å². The molecule has 1 fully saturated rings. The van der Waals surface area contributed by atoms with Gasteiger partial charge in [-0.3, -0.25) is 15.0 Å². The summed E-state index contributed by atoms with van der Waals surface area (Å²) < 4.78 is 16.4. The summed E-state index contributed by atoms with van der Waals surface area (Å²) in [5.74, 6) is -0.588. The first kappa shape index (κ1) is 22.9. The average molecular weight is 438 g/mol. The Morgan fingerprint density at radius 3 is 2.50 bits per heavy atom. The molecule has 0 bridgehead atoms. The van der Waals surface area contributed by atoms with Crippen LogP contribution in [0, 0.1) is 6.92 Å². The number of carbonyl (C=O) groups excluding carboxylic acids is 3. The van der Waals surface area contributed by atoms with Crippen LogP contribution in [0.25, 0.3) is 6.08 Å². The van der Waals surface area contributed by atoms with Gasteiger partial charge in [-0.2, -0.15) is 0 Å². The van der Waals surface area contributed by atoms with E-state index < -0.39 is 17.8 Å². The molecule has 2 aromatic carbocycles. The van der Waals surface area contributed by atoms with Crippen molar-refractivity contribution in [2.75, 3.05) is 24.8 Å². The number of hydrogen-bond donors (Lipinski definition) is 1. The lowest BCUT2D eigenvalue weighted by Crippen LogP contribution is -2.35. The molecule has 1 N–H and O–H groups in total. The Morgan fingerprint density at radius 2 is 1.81 bits per heavy atom. The molecule has 0 unspecified atom stereocenters. The average Bonchev–Trinajstić information content (AvgIpc) is 3.07. The van der Waals surface area contributed by atoms with Gasteiger partial charge in [-0.15, -0.1) is 0 Å². The Morgan fingerprint density at radius 1 is 1.06 bits per heavy atom. The van der Waals surface area contributed by atoms with Crippen molar-refractivity contribution >= 4 is 29.5 Å². The SMILES string of the molecule is CCCOc1ccc(/C=C2/C(=O)NN(c3ccccc3)C2=O)c(OCC(=O)OCC)c1C. The molecular formula is C24H26N2O6. The van der Waals surface area contributed by atoms with E-state index in [1.54, 1.807) is 50.2 Å². The predicted octanol–water partition coefficient (Wildman–Crippen LogP) is 3.19. The zero-order valence-corrected chi connectivity index (χ0v) is 18.3. The van der Waals surface area contributed by atoms with Gasteiger partial charge in [0.2, 0.25) is 0 Å². The second-order valence-electron chi connectivity index (χ2n) is 7.02. The third kappa shape index (κ3) is 5.08. The van der Waals surface area contributed by atoms with Crippen molar-refractivity contribution in [3.05, 3.63) is 59.2 Å². The number of nitrogens with one attached hydrogen (secondary N) is 1. The van der Waals surface area contributed by atoms with Gasteiger partial charge in [0.15, 0.2) is 6.61 Å². The molecule has 8 heteroatoms. The first-order valence-corrected chi connectivity index (χ1v) is 10.4. The number of nitrogens with zero attached hydrogens (tertiary/aromatic N) is 1. The monoisotopic (exact) mass is 438 g/mol. The van der Waals surface area contributed by atoms with Crippen LogP contribution in [0.3, 0.4) is 0 Å². The van der Waals surface area contributed by atoms with Crippen molar-refractivity contribution in [2.45, 2.75) is 27.2 Å². The summed E-state index contributed by atoms with van der Waals surface area (Å²) in [6, 6.07) is 12.3. The van der Waals surface area contributed by atoms with E-state index in [2.05, 4.69) is 5.43 Å². The Bertz CT molecular complexity index is 1030. The topological polar surface area (TPSA) is 94.2 Å². The molecule has 0 saturated carbocycles. The second kappa shape index (κ2) is 10.5. The summed E-state index contributed by atoms with van der Waals surface area (Å²) in [5, 5.41) is 1.19. The number of para-hydroxylation sites is 1. The van der Waals surface area contributed by atoms with Crippen molar-refractivity contribution in [1.29, 1.82) is 0 Å². The van der Waals surface area contributed by atoms with Crippen LogP contribution in [-0.2, 0) is 19.1 Å². The van der Waals surface area contributed by atoms with E-state index >= 15 is 0 Å². The summed E-state index contributed by atoms with van der Waals surface area (Å²) in [7, 11) is 0. The van der Waals surface area contributed by atoms with Gasteiger partial charge in [-0.05, 0) is 50.6 Å². The van der Waals surface area contributed by atoms with Crippen LogP contribution >= 0.6 is 0 Å². The van der Waals surface area contributed by atoms with Gasteiger partial charge < -0.3 is 14.2 Å². The van der Waals surface area contributed by atoms with Crippen molar-refractivity contribution in [3.63, 3.8) is 0 Å². The summed E-state index contributed by atoms with van der Waals surface area (Å²) in [5.41, 5.74) is 4.20. The highest BCUT2D eigenvalue weighted by Gasteiger charge is 2.34. The standard InChI is InChI=1S/C24H26N2O6/c1-4-13-31-20-12-11-17(22(16(20)3)32-15-21(27)30-5-2)14-19-23(28)25-26(24(19)29)18-9-7-6-8-10-18/h6-12,14H,4-5,13,15H2,1-3H3,(H,25,28)/b19-14-. The molecule has 0 atom stereocenters. The molecule has 3 rings (SSSR count). The number of anilines is 1. The maximum Gasteiger partial charge on any atom is 0.344 e. The minimum absolute atomic E-state index is 0.0449. The summed E-state index contributed by atoms with van der Waals surface area (Å²) in [4.78, 5) is 37.3. The van der Waals surface area contributed by atoms with Gasteiger partial charge in [0.05, 0.1) is 18.9 Å². The molecule has 8 nitrogen and oxygen atoms in total. The highest BCUT2D eigenvalue weighted by molar-refractivity contribution is 6.31. The molecule has 0 spiro atoms. The molecule has 2 aromatic rings. The number of hydrazine groups is 1. The van der Waals surface area contributed by atoms with E-state index in [9.17, 15) is 14.4 Å². The third-order valence-electron chi connectivity index (χ3n) is 4.69. The maximum absolute atomic E-state index is 12.9. The highest BCUT2D eigenvalue weighted by Crippen LogP contribution is 2.34. The van der Waals surface area contributed by atoms with Crippen molar-refractivity contribution in [1.82, 2.24) is 5.43 Å². The lowest BCUT2D eigenvalue weighted by Gasteiger charge is -2.16. The van der Waals surface area contributed by atoms with Crippen molar-refractivity contribution in [2.24, 2.45) is 0 Å². The first-order chi connectivity index (χ1) is 15.5. The van der Waals surface area contributed by atoms with Crippen LogP contribution in [0.2, 0.25) is 0 Å². The highest BCUT2D eigenvalue weighted by atomic mass is 16.6. The van der Waals surface area contributed by atoms with Gasteiger partial charge in [0.25, 0.3) is 11.8 Å². The van der Waals surface area contributed by atoms with Gasteiger partial charge in [0, 0.05) is 11.1 Å². The quantitative estimate of drug-likeness (QED) is 0.367. The van der Waals surface area contributed by atoms with E-state index in [4.69, 9.17) is 14.2 Å². The molecule has 0 aliphatic carbocycles. The van der Waals surface area contributed by atoms with Gasteiger partial charge in [-0.1, -0.05) is 25.1 Å². The predicted molar refractivity (Wildman–Crippen MR) is 119 cm³/mol. The Kier molecular flexibility index (Phi) is 7.49. The van der Waals surface area contributed by atoms with Crippen LogP contribution < -0.4 is 19.9 Å². The number of esters is 1. The van der Waals surface area contributed by atoms with Crippen LogP contribution in [0.4, 0.5) is 5.69 Å². The Balaban J connectivity index is 1.95. The van der Waals surface area contributed by atoms with E-state index in [0.29, 0.717) is 34.9 Å². The van der Waals surface area contributed by atoms with Gasteiger partial charge in [0.1, 0.15) is 17.1 Å². The smallest absolute Gasteiger partial charge is 0.344 e. The molecule has 2 amide bonds. The summed E-state index contributed by atoms with van der Waals surface area (Å²) in [6.45, 7) is 5.95. The lowest BCUT2D eigenvalue weighted by molar-refractivity contribution is -0.145. The molecule has 1 heterocycles. The molecule has 32 heavy (non-hydrogen) atoms. The van der Waals surface area contributed by atoms with Crippen LogP contribution in [0.1, 0.15) is 31.4 Å². The number of ether oxygens (including phenoxy) is 3. The minimum atomic E-state index is -0.529.